The van der Waals surface area contributed by atoms with Gasteiger partial charge in [0.25, 0.3) is 0 Å². The third-order valence-corrected chi connectivity index (χ3v) is 5.83. The number of nitrogens with zero attached hydrogens (tertiary/aromatic N) is 1. The van der Waals surface area contributed by atoms with Crippen molar-refractivity contribution in [1.82, 2.24) is 10.2 Å². The Morgan fingerprint density at radius 3 is 2.65 bits per heavy atom. The number of ether oxygens (including phenoxy) is 2. The van der Waals surface area contributed by atoms with Crippen molar-refractivity contribution in [3.63, 3.8) is 0 Å². The smallest absolute Gasteiger partial charge is 0.243 e. The molecule has 0 aliphatic carbocycles. The predicted octanol–water partition coefficient (Wildman–Crippen LogP) is 3.21. The van der Waals surface area contributed by atoms with Crippen molar-refractivity contribution < 1.29 is 19.1 Å². The number of benzene rings is 2. The van der Waals surface area contributed by atoms with Gasteiger partial charge in [0.2, 0.25) is 11.8 Å². The fourth-order valence-electron chi connectivity index (χ4n) is 3.96. The van der Waals surface area contributed by atoms with Crippen LogP contribution in [0, 0.1) is 13.8 Å². The van der Waals surface area contributed by atoms with E-state index in [2.05, 4.69) is 15.5 Å². The first-order valence-corrected chi connectivity index (χ1v) is 10.5. The number of aryl methyl sites for hydroxylation is 1. The third kappa shape index (κ3) is 5.55. The Morgan fingerprint density at radius 1 is 1.10 bits per heavy atom. The molecule has 2 N–H and O–H groups in total. The van der Waals surface area contributed by atoms with E-state index in [1.165, 1.54) is 0 Å². The van der Waals surface area contributed by atoms with E-state index in [0.717, 1.165) is 53.3 Å². The molecule has 2 aromatic rings. The summed E-state index contributed by atoms with van der Waals surface area (Å²) < 4.78 is 10.8. The minimum absolute atomic E-state index is 0.0589. The lowest BCUT2D eigenvalue weighted by Crippen LogP contribution is -2.40. The minimum Gasteiger partial charge on any atom is -0.497 e. The second-order valence-electron chi connectivity index (χ2n) is 7.81. The molecule has 1 saturated heterocycles. The average molecular weight is 426 g/mol. The third-order valence-electron chi connectivity index (χ3n) is 5.83. The molecular weight excluding hydrogens is 394 g/mol. The van der Waals surface area contributed by atoms with Crippen LogP contribution in [0.2, 0.25) is 0 Å². The summed E-state index contributed by atoms with van der Waals surface area (Å²) in [6, 6.07) is 11.6. The SMILES string of the molecule is COc1ccc([C@@H]2CCCN2CC(=O)NCC(=O)Nc2cccc(C)c2C)c(OC)c1. The topological polar surface area (TPSA) is 79.9 Å². The fraction of sp³-hybridized carbons (Fsp3) is 0.417. The van der Waals surface area contributed by atoms with Crippen molar-refractivity contribution >= 4 is 17.5 Å². The summed E-state index contributed by atoms with van der Waals surface area (Å²) in [6.07, 6.45) is 1.95. The van der Waals surface area contributed by atoms with E-state index in [4.69, 9.17) is 9.47 Å². The minimum atomic E-state index is -0.239. The average Bonchev–Trinajstić information content (AvgIpc) is 3.22. The quantitative estimate of drug-likeness (QED) is 0.679. The van der Waals surface area contributed by atoms with Crippen molar-refractivity contribution in [1.29, 1.82) is 0 Å². The van der Waals surface area contributed by atoms with Gasteiger partial charge in [-0.25, -0.2) is 0 Å². The van der Waals surface area contributed by atoms with Crippen LogP contribution in [0.3, 0.4) is 0 Å². The molecule has 0 aromatic heterocycles. The number of rotatable bonds is 8. The van der Waals surface area contributed by atoms with Crippen LogP contribution in [-0.4, -0.2) is 50.6 Å². The predicted molar refractivity (Wildman–Crippen MR) is 121 cm³/mol. The van der Waals surface area contributed by atoms with E-state index in [0.29, 0.717) is 0 Å². The van der Waals surface area contributed by atoms with E-state index in [-0.39, 0.29) is 30.9 Å². The van der Waals surface area contributed by atoms with E-state index < -0.39 is 0 Å². The van der Waals surface area contributed by atoms with Crippen molar-refractivity contribution in [2.24, 2.45) is 0 Å². The van der Waals surface area contributed by atoms with Crippen LogP contribution in [0.1, 0.15) is 35.6 Å². The maximum Gasteiger partial charge on any atom is 0.243 e. The van der Waals surface area contributed by atoms with Gasteiger partial charge in [0.05, 0.1) is 27.3 Å². The first-order valence-electron chi connectivity index (χ1n) is 10.5. The van der Waals surface area contributed by atoms with Gasteiger partial charge >= 0.3 is 0 Å². The summed E-state index contributed by atoms with van der Waals surface area (Å²) in [4.78, 5) is 26.9. The molecule has 2 aromatic carbocycles. The lowest BCUT2D eigenvalue weighted by molar-refractivity contribution is -0.125. The van der Waals surface area contributed by atoms with Crippen molar-refractivity contribution in [2.75, 3.05) is 39.2 Å². The molecule has 0 bridgehead atoms. The fourth-order valence-corrected chi connectivity index (χ4v) is 3.96. The van der Waals surface area contributed by atoms with Crippen molar-refractivity contribution in [2.45, 2.75) is 32.7 Å². The van der Waals surface area contributed by atoms with Crippen LogP contribution in [-0.2, 0) is 9.59 Å². The number of hydrogen-bond acceptors (Lipinski definition) is 5. The van der Waals surface area contributed by atoms with Crippen molar-refractivity contribution in [3.05, 3.63) is 53.1 Å². The molecule has 1 aliphatic heterocycles. The van der Waals surface area contributed by atoms with Crippen LogP contribution in [0.4, 0.5) is 5.69 Å². The highest BCUT2D eigenvalue weighted by atomic mass is 16.5. The maximum atomic E-state index is 12.5. The molecule has 7 nitrogen and oxygen atoms in total. The lowest BCUT2D eigenvalue weighted by Gasteiger charge is -2.25. The summed E-state index contributed by atoms with van der Waals surface area (Å²) >= 11 is 0. The number of likely N-dealkylation sites (tertiary alicyclic amines) is 1. The number of carbonyl (C=O) groups excluding carboxylic acids is 2. The van der Waals surface area contributed by atoms with Gasteiger partial charge < -0.3 is 20.1 Å². The van der Waals surface area contributed by atoms with Gasteiger partial charge in [-0.3, -0.25) is 14.5 Å². The highest BCUT2D eigenvalue weighted by Crippen LogP contribution is 2.38. The molecule has 3 rings (SSSR count). The highest BCUT2D eigenvalue weighted by molar-refractivity contribution is 5.95. The Labute approximate surface area is 183 Å². The molecule has 31 heavy (non-hydrogen) atoms. The van der Waals surface area contributed by atoms with Gasteiger partial charge in [-0.15, -0.1) is 0 Å². The van der Waals surface area contributed by atoms with Gasteiger partial charge in [0, 0.05) is 23.4 Å². The molecule has 1 heterocycles. The molecule has 1 aliphatic rings. The zero-order valence-electron chi connectivity index (χ0n) is 18.7. The molecule has 166 valence electrons. The molecular formula is C24H31N3O4. The van der Waals surface area contributed by atoms with E-state index in [1.807, 2.05) is 50.2 Å². The Bertz CT molecular complexity index is 944. The lowest BCUT2D eigenvalue weighted by atomic mass is 10.0. The summed E-state index contributed by atoms with van der Waals surface area (Å²) in [5.41, 5.74) is 3.94. The van der Waals surface area contributed by atoms with Crippen LogP contribution in [0.25, 0.3) is 0 Å². The van der Waals surface area contributed by atoms with Gasteiger partial charge in [-0.1, -0.05) is 18.2 Å². The van der Waals surface area contributed by atoms with Gasteiger partial charge in [0.1, 0.15) is 11.5 Å². The molecule has 1 atom stereocenters. The monoisotopic (exact) mass is 425 g/mol. The molecule has 0 saturated carbocycles. The van der Waals surface area contributed by atoms with Gasteiger partial charge in [-0.05, 0) is 56.5 Å². The normalized spacial score (nSPS) is 16.1. The first kappa shape index (κ1) is 22.6. The van der Waals surface area contributed by atoms with E-state index >= 15 is 0 Å². The zero-order chi connectivity index (χ0) is 22.4. The largest absolute Gasteiger partial charge is 0.497 e. The Hall–Kier alpha value is -3.06. The van der Waals surface area contributed by atoms with Gasteiger partial charge in [0.15, 0.2) is 0 Å². The molecule has 0 spiro atoms. The standard InChI is InChI=1S/C24H31N3O4/c1-16-7-5-8-20(17(16)2)26-23(28)14-25-24(29)15-27-12-6-9-21(27)19-11-10-18(30-3)13-22(19)31-4/h5,7-8,10-11,13,21H,6,9,12,14-15H2,1-4H3,(H,25,29)(H,26,28)/t21-/m0/s1. The van der Waals surface area contributed by atoms with Crippen LogP contribution in [0.5, 0.6) is 11.5 Å². The Balaban J connectivity index is 1.56. The zero-order valence-corrected chi connectivity index (χ0v) is 18.7. The number of nitrogens with one attached hydrogen (secondary N) is 2. The second kappa shape index (κ2) is 10.3. The number of hydrogen-bond donors (Lipinski definition) is 2. The van der Waals surface area contributed by atoms with Crippen LogP contribution < -0.4 is 20.1 Å². The first-order chi connectivity index (χ1) is 14.9. The molecule has 1 fully saturated rings. The van der Waals surface area contributed by atoms with Crippen molar-refractivity contribution in [3.8, 4) is 11.5 Å². The number of methoxy groups -OCH3 is 2. The number of amides is 2. The summed E-state index contributed by atoms with van der Waals surface area (Å²) in [5.74, 6) is 1.08. The summed E-state index contributed by atoms with van der Waals surface area (Å²) in [5, 5.41) is 5.60. The second-order valence-corrected chi connectivity index (χ2v) is 7.81. The summed E-state index contributed by atoms with van der Waals surface area (Å²) in [6.45, 7) is 4.96. The van der Waals surface area contributed by atoms with E-state index in [9.17, 15) is 9.59 Å². The molecule has 7 heteroatoms. The summed E-state index contributed by atoms with van der Waals surface area (Å²) in [7, 11) is 3.26. The number of carbonyl (C=O) groups is 2. The number of anilines is 1. The van der Waals surface area contributed by atoms with Crippen LogP contribution >= 0.6 is 0 Å². The Morgan fingerprint density at radius 2 is 1.90 bits per heavy atom. The Kier molecular flexibility index (Phi) is 7.52. The van der Waals surface area contributed by atoms with E-state index in [1.54, 1.807) is 14.2 Å². The molecule has 0 unspecified atom stereocenters. The molecule has 2 amide bonds. The molecule has 0 radical (unpaired) electrons. The highest BCUT2D eigenvalue weighted by Gasteiger charge is 2.30. The van der Waals surface area contributed by atoms with Gasteiger partial charge in [-0.2, -0.15) is 0 Å². The van der Waals surface area contributed by atoms with Crippen LogP contribution in [0.15, 0.2) is 36.4 Å². The maximum absolute atomic E-state index is 12.5.